The molecular weight excluding hydrogens is 206 g/mol. The number of methoxy groups -OCH3 is 2. The van der Waals surface area contributed by atoms with Gasteiger partial charge in [-0.3, -0.25) is 4.79 Å². The second-order valence-corrected chi connectivity index (χ2v) is 4.76. The molecule has 4 nitrogen and oxygen atoms in total. The number of hydrogen-bond donors (Lipinski definition) is 1. The number of nitrogens with one attached hydrogen (secondary N) is 1. The van der Waals surface area contributed by atoms with E-state index in [0.717, 1.165) is 12.8 Å². The Morgan fingerprint density at radius 2 is 2.00 bits per heavy atom. The van der Waals surface area contributed by atoms with Crippen LogP contribution in [0.25, 0.3) is 0 Å². The van der Waals surface area contributed by atoms with Crippen LogP contribution in [-0.2, 0) is 14.3 Å². The molecule has 4 heteroatoms. The second-order valence-electron chi connectivity index (χ2n) is 4.76. The Labute approximate surface area is 98.7 Å². The Morgan fingerprint density at radius 3 is 2.50 bits per heavy atom. The lowest BCUT2D eigenvalue weighted by atomic mass is 10.0. The summed E-state index contributed by atoms with van der Waals surface area (Å²) in [5.41, 5.74) is -0.205. The van der Waals surface area contributed by atoms with Crippen LogP contribution in [-0.4, -0.2) is 38.4 Å². The second kappa shape index (κ2) is 7.63. The number of amides is 1. The highest BCUT2D eigenvalue weighted by molar-refractivity contribution is 5.76. The lowest BCUT2D eigenvalue weighted by molar-refractivity contribution is -0.123. The molecule has 16 heavy (non-hydrogen) atoms. The van der Waals surface area contributed by atoms with Gasteiger partial charge in [-0.1, -0.05) is 0 Å². The van der Waals surface area contributed by atoms with Crippen LogP contribution in [0.5, 0.6) is 0 Å². The van der Waals surface area contributed by atoms with Crippen LogP contribution in [0, 0.1) is 0 Å². The molecule has 0 aromatic heterocycles. The smallest absolute Gasteiger partial charge is 0.220 e. The Kier molecular flexibility index (Phi) is 7.34. The monoisotopic (exact) mass is 231 g/mol. The van der Waals surface area contributed by atoms with Gasteiger partial charge in [0.25, 0.3) is 0 Å². The topological polar surface area (TPSA) is 47.6 Å². The van der Waals surface area contributed by atoms with Crippen LogP contribution >= 0.6 is 0 Å². The normalized spacial score (nSPS) is 13.6. The molecule has 0 aliphatic heterocycles. The molecule has 0 aromatic rings. The van der Waals surface area contributed by atoms with Gasteiger partial charge in [0.1, 0.15) is 0 Å². The molecule has 0 unspecified atom stereocenters. The number of rotatable bonds is 8. The van der Waals surface area contributed by atoms with Crippen molar-refractivity contribution in [3.63, 3.8) is 0 Å². The van der Waals surface area contributed by atoms with E-state index >= 15 is 0 Å². The number of hydrogen-bond acceptors (Lipinski definition) is 3. The quantitative estimate of drug-likeness (QED) is 0.692. The largest absolute Gasteiger partial charge is 0.385 e. The van der Waals surface area contributed by atoms with Crippen LogP contribution < -0.4 is 5.32 Å². The molecule has 0 rings (SSSR count). The molecule has 1 atom stereocenters. The maximum atomic E-state index is 11.6. The molecule has 0 radical (unpaired) electrons. The summed E-state index contributed by atoms with van der Waals surface area (Å²) in [5.74, 6) is 0.0741. The summed E-state index contributed by atoms with van der Waals surface area (Å²) in [5, 5.41) is 3.00. The third kappa shape index (κ3) is 7.65. The van der Waals surface area contributed by atoms with E-state index in [-0.39, 0.29) is 17.6 Å². The standard InChI is InChI=1S/C12H25NO3/c1-10(16-5)6-7-11(14)13-12(2,3)8-9-15-4/h10H,6-9H2,1-5H3,(H,13,14)/t10-/m0/s1. The van der Waals surface area contributed by atoms with E-state index in [1.807, 2.05) is 20.8 Å². The molecule has 0 fully saturated rings. The molecule has 0 heterocycles. The van der Waals surface area contributed by atoms with Crippen molar-refractivity contribution >= 4 is 5.91 Å². The molecular formula is C12H25NO3. The average Bonchev–Trinajstić information content (AvgIpc) is 2.22. The van der Waals surface area contributed by atoms with Crippen molar-refractivity contribution in [3.05, 3.63) is 0 Å². The Bertz CT molecular complexity index is 204. The molecule has 96 valence electrons. The lowest BCUT2D eigenvalue weighted by Crippen LogP contribution is -2.44. The van der Waals surface area contributed by atoms with E-state index in [9.17, 15) is 4.79 Å². The van der Waals surface area contributed by atoms with E-state index < -0.39 is 0 Å². The van der Waals surface area contributed by atoms with Crippen LogP contribution in [0.3, 0.4) is 0 Å². The molecule has 0 saturated heterocycles. The zero-order valence-corrected chi connectivity index (χ0v) is 11.1. The number of carbonyl (C=O) groups is 1. The minimum atomic E-state index is -0.205. The molecule has 1 N–H and O–H groups in total. The van der Waals surface area contributed by atoms with Gasteiger partial charge >= 0.3 is 0 Å². The van der Waals surface area contributed by atoms with Crippen LogP contribution in [0.4, 0.5) is 0 Å². The van der Waals surface area contributed by atoms with E-state index in [2.05, 4.69) is 5.32 Å². The summed E-state index contributed by atoms with van der Waals surface area (Å²) in [6.45, 7) is 6.62. The van der Waals surface area contributed by atoms with Gasteiger partial charge in [0.05, 0.1) is 6.10 Å². The van der Waals surface area contributed by atoms with Crippen molar-refractivity contribution in [3.8, 4) is 0 Å². The van der Waals surface area contributed by atoms with E-state index in [0.29, 0.717) is 13.0 Å². The SMILES string of the molecule is COCCC(C)(C)NC(=O)CC[C@H](C)OC. The average molecular weight is 231 g/mol. The van der Waals surface area contributed by atoms with Crippen molar-refractivity contribution in [2.45, 2.75) is 51.7 Å². The summed E-state index contributed by atoms with van der Waals surface area (Å²) < 4.78 is 10.1. The maximum absolute atomic E-state index is 11.6. The van der Waals surface area contributed by atoms with Crippen molar-refractivity contribution in [2.24, 2.45) is 0 Å². The van der Waals surface area contributed by atoms with E-state index in [4.69, 9.17) is 9.47 Å². The van der Waals surface area contributed by atoms with Crippen molar-refractivity contribution in [1.82, 2.24) is 5.32 Å². The van der Waals surface area contributed by atoms with Crippen LogP contribution in [0.2, 0.25) is 0 Å². The predicted octanol–water partition coefficient (Wildman–Crippen LogP) is 1.73. The van der Waals surface area contributed by atoms with Crippen LogP contribution in [0.1, 0.15) is 40.0 Å². The van der Waals surface area contributed by atoms with Gasteiger partial charge in [-0.15, -0.1) is 0 Å². The van der Waals surface area contributed by atoms with Gasteiger partial charge in [0.2, 0.25) is 5.91 Å². The summed E-state index contributed by atoms with van der Waals surface area (Å²) in [7, 11) is 3.32. The zero-order chi connectivity index (χ0) is 12.6. The molecule has 0 bridgehead atoms. The molecule has 0 aliphatic carbocycles. The minimum Gasteiger partial charge on any atom is -0.385 e. The van der Waals surface area contributed by atoms with E-state index in [1.54, 1.807) is 14.2 Å². The van der Waals surface area contributed by atoms with Crippen molar-refractivity contribution < 1.29 is 14.3 Å². The highest BCUT2D eigenvalue weighted by Gasteiger charge is 2.19. The first-order valence-electron chi connectivity index (χ1n) is 5.74. The van der Waals surface area contributed by atoms with Gasteiger partial charge in [-0.05, 0) is 33.6 Å². The van der Waals surface area contributed by atoms with Gasteiger partial charge in [0, 0.05) is 32.8 Å². The number of carbonyl (C=O) groups excluding carboxylic acids is 1. The Morgan fingerprint density at radius 1 is 1.38 bits per heavy atom. The molecule has 1 amide bonds. The fourth-order valence-corrected chi connectivity index (χ4v) is 1.31. The maximum Gasteiger partial charge on any atom is 0.220 e. The van der Waals surface area contributed by atoms with Gasteiger partial charge in [-0.25, -0.2) is 0 Å². The first-order chi connectivity index (χ1) is 7.41. The first-order valence-corrected chi connectivity index (χ1v) is 5.74. The highest BCUT2D eigenvalue weighted by Crippen LogP contribution is 2.09. The lowest BCUT2D eigenvalue weighted by Gasteiger charge is -2.26. The minimum absolute atomic E-state index is 0.0741. The third-order valence-electron chi connectivity index (χ3n) is 2.59. The van der Waals surface area contributed by atoms with E-state index in [1.165, 1.54) is 0 Å². The van der Waals surface area contributed by atoms with Gasteiger partial charge in [-0.2, -0.15) is 0 Å². The summed E-state index contributed by atoms with van der Waals surface area (Å²) in [6, 6.07) is 0. The van der Waals surface area contributed by atoms with Crippen molar-refractivity contribution in [2.75, 3.05) is 20.8 Å². The molecule has 0 aromatic carbocycles. The van der Waals surface area contributed by atoms with Crippen molar-refractivity contribution in [1.29, 1.82) is 0 Å². The number of ether oxygens (including phenoxy) is 2. The fraction of sp³-hybridized carbons (Fsp3) is 0.917. The molecule has 0 saturated carbocycles. The predicted molar refractivity (Wildman–Crippen MR) is 64.4 cm³/mol. The van der Waals surface area contributed by atoms with Gasteiger partial charge < -0.3 is 14.8 Å². The third-order valence-corrected chi connectivity index (χ3v) is 2.59. The molecule has 0 spiro atoms. The fourth-order valence-electron chi connectivity index (χ4n) is 1.31. The Balaban J connectivity index is 3.84. The van der Waals surface area contributed by atoms with Crippen LogP contribution in [0.15, 0.2) is 0 Å². The first kappa shape index (κ1) is 15.4. The highest BCUT2D eigenvalue weighted by atomic mass is 16.5. The summed E-state index contributed by atoms with van der Waals surface area (Å²) in [6.07, 6.45) is 2.20. The molecule has 0 aliphatic rings. The van der Waals surface area contributed by atoms with Gasteiger partial charge in [0.15, 0.2) is 0 Å². The zero-order valence-electron chi connectivity index (χ0n) is 11.1. The Hall–Kier alpha value is -0.610. The summed E-state index contributed by atoms with van der Waals surface area (Å²) >= 11 is 0. The summed E-state index contributed by atoms with van der Waals surface area (Å²) in [4.78, 5) is 11.6.